The normalized spacial score (nSPS) is 17.8. The van der Waals surface area contributed by atoms with E-state index in [9.17, 15) is 4.79 Å². The average molecular weight is 230 g/mol. The highest BCUT2D eigenvalue weighted by Crippen LogP contribution is 2.37. The van der Waals surface area contributed by atoms with E-state index in [1.54, 1.807) is 17.8 Å². The minimum atomic E-state index is 0.147. The van der Waals surface area contributed by atoms with Gasteiger partial charge in [-0.2, -0.15) is 0 Å². The Morgan fingerprint density at radius 2 is 2.19 bits per heavy atom. The first kappa shape index (κ1) is 9.66. The summed E-state index contributed by atoms with van der Waals surface area (Å²) >= 11 is 1.57. The molecule has 4 heteroatoms. The largest absolute Gasteiger partial charge is 0.312 e. The van der Waals surface area contributed by atoms with E-state index in [1.165, 1.54) is 0 Å². The lowest BCUT2D eigenvalue weighted by atomic mass is 10.1. The summed E-state index contributed by atoms with van der Waals surface area (Å²) in [5.41, 5.74) is 2.98. The van der Waals surface area contributed by atoms with Crippen molar-refractivity contribution in [2.45, 2.75) is 0 Å². The van der Waals surface area contributed by atoms with Crippen LogP contribution < -0.4 is 0 Å². The van der Waals surface area contributed by atoms with Gasteiger partial charge in [-0.25, -0.2) is 4.99 Å². The van der Waals surface area contributed by atoms with Gasteiger partial charge >= 0.3 is 0 Å². The number of fused-ring (bicyclic) bond motifs is 3. The Balaban J connectivity index is 2.23. The van der Waals surface area contributed by atoms with Crippen LogP contribution in [0.3, 0.4) is 0 Å². The predicted octanol–water partition coefficient (Wildman–Crippen LogP) is 2.28. The molecule has 0 spiro atoms. The smallest absolute Gasteiger partial charge is 0.177 e. The molecule has 2 aliphatic heterocycles. The van der Waals surface area contributed by atoms with Gasteiger partial charge in [0.15, 0.2) is 11.0 Å². The maximum atomic E-state index is 11.5. The molecule has 0 fully saturated rings. The summed E-state index contributed by atoms with van der Waals surface area (Å²) in [6.07, 6.45) is 3.69. The van der Waals surface area contributed by atoms with Crippen LogP contribution in [0, 0.1) is 0 Å². The molecule has 2 aliphatic rings. The Bertz CT molecular complexity index is 534. The van der Waals surface area contributed by atoms with Crippen LogP contribution in [0.15, 0.2) is 35.3 Å². The number of amidine groups is 1. The van der Waals surface area contributed by atoms with Crippen LogP contribution in [0.4, 0.5) is 5.69 Å². The van der Waals surface area contributed by atoms with E-state index in [1.807, 2.05) is 35.4 Å². The van der Waals surface area contributed by atoms with E-state index < -0.39 is 0 Å². The van der Waals surface area contributed by atoms with Crippen molar-refractivity contribution in [2.24, 2.45) is 4.99 Å². The first-order valence-electron chi connectivity index (χ1n) is 5.04. The molecule has 0 aliphatic carbocycles. The zero-order valence-corrected chi connectivity index (χ0v) is 9.62. The van der Waals surface area contributed by atoms with Gasteiger partial charge in [-0.1, -0.05) is 30.0 Å². The zero-order valence-electron chi connectivity index (χ0n) is 8.80. The van der Waals surface area contributed by atoms with Crippen molar-refractivity contribution in [1.82, 2.24) is 4.90 Å². The SMILES string of the molecule is CSC1=Nc2ccccc2C2=CC(=O)CN21. The molecule has 0 amide bonds. The highest BCUT2D eigenvalue weighted by Gasteiger charge is 2.30. The van der Waals surface area contributed by atoms with Gasteiger partial charge in [-0.15, -0.1) is 0 Å². The molecule has 80 valence electrons. The van der Waals surface area contributed by atoms with Crippen molar-refractivity contribution in [3.8, 4) is 0 Å². The van der Waals surface area contributed by atoms with E-state index >= 15 is 0 Å². The molecule has 3 rings (SSSR count). The summed E-state index contributed by atoms with van der Waals surface area (Å²) in [5.74, 6) is 0.147. The Hall–Kier alpha value is -1.55. The van der Waals surface area contributed by atoms with Crippen LogP contribution >= 0.6 is 11.8 Å². The maximum Gasteiger partial charge on any atom is 0.177 e. The topological polar surface area (TPSA) is 32.7 Å². The van der Waals surface area contributed by atoms with Gasteiger partial charge in [0.2, 0.25) is 0 Å². The second kappa shape index (κ2) is 3.49. The highest BCUT2D eigenvalue weighted by molar-refractivity contribution is 8.13. The van der Waals surface area contributed by atoms with Crippen LogP contribution in [0.25, 0.3) is 5.70 Å². The Labute approximate surface area is 97.9 Å². The maximum absolute atomic E-state index is 11.5. The second-order valence-electron chi connectivity index (χ2n) is 3.70. The number of para-hydroxylation sites is 1. The third kappa shape index (κ3) is 1.30. The molecule has 0 unspecified atom stereocenters. The average Bonchev–Trinajstić information content (AvgIpc) is 2.69. The number of ketones is 1. The number of thioether (sulfide) groups is 1. The molecule has 1 aromatic rings. The quantitative estimate of drug-likeness (QED) is 0.685. The standard InChI is InChI=1S/C12H10N2OS/c1-16-12-13-10-5-3-2-4-9(10)11-6-8(15)7-14(11)12/h2-6H,7H2,1H3. The van der Waals surface area contributed by atoms with Crippen molar-refractivity contribution in [3.63, 3.8) is 0 Å². The first-order chi connectivity index (χ1) is 7.79. The molecular formula is C12H10N2OS. The van der Waals surface area contributed by atoms with E-state index in [-0.39, 0.29) is 5.78 Å². The molecule has 16 heavy (non-hydrogen) atoms. The van der Waals surface area contributed by atoms with Crippen molar-refractivity contribution in [1.29, 1.82) is 0 Å². The van der Waals surface area contributed by atoms with Gasteiger partial charge in [0.25, 0.3) is 0 Å². The molecular weight excluding hydrogens is 220 g/mol. The number of carbonyl (C=O) groups excluding carboxylic acids is 1. The summed E-state index contributed by atoms with van der Waals surface area (Å²) in [5, 5.41) is 0.899. The highest BCUT2D eigenvalue weighted by atomic mass is 32.2. The van der Waals surface area contributed by atoms with Gasteiger partial charge in [-0.05, 0) is 12.3 Å². The molecule has 0 saturated carbocycles. The molecule has 0 bridgehead atoms. The third-order valence-corrected chi connectivity index (χ3v) is 3.39. The fourth-order valence-corrected chi connectivity index (χ4v) is 2.59. The van der Waals surface area contributed by atoms with Crippen LogP contribution in [-0.2, 0) is 4.79 Å². The molecule has 0 atom stereocenters. The summed E-state index contributed by atoms with van der Waals surface area (Å²) < 4.78 is 0. The van der Waals surface area contributed by atoms with Gasteiger partial charge in [0, 0.05) is 11.6 Å². The lowest BCUT2D eigenvalue weighted by Crippen LogP contribution is -2.28. The van der Waals surface area contributed by atoms with Crippen molar-refractivity contribution in [3.05, 3.63) is 35.9 Å². The number of nitrogens with zero attached hydrogens (tertiary/aromatic N) is 2. The molecule has 0 saturated heterocycles. The summed E-state index contributed by atoms with van der Waals surface area (Å²) in [4.78, 5) is 18.0. The number of hydrogen-bond acceptors (Lipinski definition) is 4. The number of hydrogen-bond donors (Lipinski definition) is 0. The predicted molar refractivity (Wildman–Crippen MR) is 66.7 cm³/mol. The Morgan fingerprint density at radius 3 is 3.00 bits per heavy atom. The number of carbonyl (C=O) groups is 1. The van der Waals surface area contributed by atoms with Crippen molar-refractivity contribution >= 4 is 34.1 Å². The Kier molecular flexibility index (Phi) is 2.11. The minimum Gasteiger partial charge on any atom is -0.312 e. The number of rotatable bonds is 0. The van der Waals surface area contributed by atoms with Crippen molar-refractivity contribution < 1.29 is 4.79 Å². The zero-order chi connectivity index (χ0) is 11.1. The van der Waals surface area contributed by atoms with Gasteiger partial charge in [-0.3, -0.25) is 4.79 Å². The van der Waals surface area contributed by atoms with Crippen LogP contribution in [0.2, 0.25) is 0 Å². The molecule has 0 radical (unpaired) electrons. The molecule has 1 aromatic carbocycles. The molecule has 0 N–H and O–H groups in total. The minimum absolute atomic E-state index is 0.147. The van der Waals surface area contributed by atoms with E-state index in [0.717, 1.165) is 22.1 Å². The van der Waals surface area contributed by atoms with Crippen LogP contribution in [0.5, 0.6) is 0 Å². The van der Waals surface area contributed by atoms with Crippen LogP contribution in [-0.4, -0.2) is 28.7 Å². The molecule has 0 aromatic heterocycles. The molecule has 2 heterocycles. The monoisotopic (exact) mass is 230 g/mol. The molecule has 3 nitrogen and oxygen atoms in total. The van der Waals surface area contributed by atoms with Crippen LogP contribution in [0.1, 0.15) is 5.56 Å². The first-order valence-corrected chi connectivity index (χ1v) is 6.26. The number of aliphatic imine (C=N–C) groups is 1. The fourth-order valence-electron chi connectivity index (χ4n) is 2.02. The van der Waals surface area contributed by atoms with Gasteiger partial charge in [0.1, 0.15) is 0 Å². The van der Waals surface area contributed by atoms with Gasteiger partial charge < -0.3 is 4.90 Å². The summed E-state index contributed by atoms with van der Waals surface area (Å²) in [7, 11) is 0. The van der Waals surface area contributed by atoms with Crippen molar-refractivity contribution in [2.75, 3.05) is 12.8 Å². The second-order valence-corrected chi connectivity index (χ2v) is 4.47. The fraction of sp³-hybridized carbons (Fsp3) is 0.167. The number of benzene rings is 1. The lowest BCUT2D eigenvalue weighted by Gasteiger charge is -2.27. The summed E-state index contributed by atoms with van der Waals surface area (Å²) in [6.45, 7) is 0.420. The van der Waals surface area contributed by atoms with E-state index in [4.69, 9.17) is 0 Å². The third-order valence-electron chi connectivity index (χ3n) is 2.71. The van der Waals surface area contributed by atoms with E-state index in [0.29, 0.717) is 6.54 Å². The summed E-state index contributed by atoms with van der Waals surface area (Å²) in [6, 6.07) is 7.92. The van der Waals surface area contributed by atoms with E-state index in [2.05, 4.69) is 4.99 Å². The van der Waals surface area contributed by atoms with Gasteiger partial charge in [0.05, 0.1) is 17.9 Å². The lowest BCUT2D eigenvalue weighted by molar-refractivity contribution is -0.113. The Morgan fingerprint density at radius 1 is 1.38 bits per heavy atom.